The Kier molecular flexibility index (Phi) is 7.40. The normalized spacial score (nSPS) is 19.4. The lowest BCUT2D eigenvalue weighted by Gasteiger charge is -2.50. The summed E-state index contributed by atoms with van der Waals surface area (Å²) in [6.45, 7) is 5.01. The molecule has 56 heavy (non-hydrogen) atoms. The van der Waals surface area contributed by atoms with Gasteiger partial charge in [-0.15, -0.1) is 0 Å². The molecule has 2 unspecified atom stereocenters. The lowest BCUT2D eigenvalue weighted by atomic mass is 9.61. The molecule has 0 radical (unpaired) electrons. The first kappa shape index (κ1) is 33.3. The van der Waals surface area contributed by atoms with Crippen molar-refractivity contribution in [3.8, 4) is 5.69 Å². The Labute approximate surface area is 329 Å². The lowest BCUT2D eigenvalue weighted by Crippen LogP contribution is -2.74. The predicted molar refractivity (Wildman–Crippen MR) is 237 cm³/mol. The second-order valence-corrected chi connectivity index (χ2v) is 20.2. The summed E-state index contributed by atoms with van der Waals surface area (Å²) in [6.07, 6.45) is 4.90. The van der Waals surface area contributed by atoms with Crippen LogP contribution in [0.4, 0.5) is 11.4 Å². The maximum atomic E-state index is 6.88. The highest BCUT2D eigenvalue weighted by Crippen LogP contribution is 2.61. The van der Waals surface area contributed by atoms with Crippen molar-refractivity contribution in [2.75, 3.05) is 4.90 Å². The van der Waals surface area contributed by atoms with Crippen LogP contribution in [0.1, 0.15) is 45.1 Å². The summed E-state index contributed by atoms with van der Waals surface area (Å²) in [7, 11) is -2.75. The van der Waals surface area contributed by atoms with Crippen LogP contribution in [0, 0.1) is 0 Å². The van der Waals surface area contributed by atoms with Gasteiger partial charge >= 0.3 is 0 Å². The highest BCUT2D eigenvalue weighted by molar-refractivity contribution is 7.19. The number of fused-ring (bicyclic) bond motifs is 8. The van der Waals surface area contributed by atoms with Crippen LogP contribution in [0.5, 0.6) is 0 Å². The van der Waals surface area contributed by atoms with E-state index in [1.165, 1.54) is 63.4 Å². The summed E-state index contributed by atoms with van der Waals surface area (Å²) in [5.74, 6) is 0. The van der Waals surface area contributed by atoms with Gasteiger partial charge in [-0.05, 0) is 94.6 Å². The standard InChI is InChI=1S/C52H44N2OSi/c1-51-33-16-17-34-52(51,2)54(47-29-14-13-28-45(47)51)38-31-32-46-44(36-38)50-49(43-27-12-15-30-48(43)55-50)53(46)37-19-18-26-42(35-37)56(39-20-6-3-7-21-39,40-22-8-4-9-23-40)41-24-10-5-11-25-41/h3-15,18-32,35-36H,16-17,33-34H2,1-2H3. The first-order valence-corrected chi connectivity index (χ1v) is 22.2. The van der Waals surface area contributed by atoms with Crippen molar-refractivity contribution >= 4 is 73.2 Å². The number of nitrogens with zero attached hydrogens (tertiary/aromatic N) is 2. The molecule has 272 valence electrons. The smallest absolute Gasteiger partial charge is 0.179 e. The Morgan fingerprint density at radius 2 is 1.12 bits per heavy atom. The zero-order valence-corrected chi connectivity index (χ0v) is 33.0. The van der Waals surface area contributed by atoms with E-state index >= 15 is 0 Å². The Bertz CT molecular complexity index is 2820. The summed E-state index contributed by atoms with van der Waals surface area (Å²) < 4.78 is 9.35. The summed E-state index contributed by atoms with van der Waals surface area (Å²) >= 11 is 0. The number of anilines is 2. The van der Waals surface area contributed by atoms with Gasteiger partial charge < -0.3 is 13.9 Å². The zero-order chi connectivity index (χ0) is 37.5. The average molecular weight is 741 g/mol. The molecule has 0 amide bonds. The van der Waals surface area contributed by atoms with Gasteiger partial charge in [0.05, 0.1) is 11.1 Å². The second kappa shape index (κ2) is 12.5. The molecule has 11 rings (SSSR count). The lowest BCUT2D eigenvalue weighted by molar-refractivity contribution is 0.195. The molecule has 3 heterocycles. The van der Waals surface area contributed by atoms with Crippen molar-refractivity contribution in [1.29, 1.82) is 0 Å². The highest BCUT2D eigenvalue weighted by Gasteiger charge is 2.57. The molecule has 0 saturated heterocycles. The van der Waals surface area contributed by atoms with Crippen LogP contribution in [0.3, 0.4) is 0 Å². The average Bonchev–Trinajstić information content (AvgIpc) is 3.85. The molecule has 7 aromatic carbocycles. The number of hydrogen-bond acceptors (Lipinski definition) is 2. The number of aromatic nitrogens is 1. The fourth-order valence-corrected chi connectivity index (χ4v) is 15.7. The van der Waals surface area contributed by atoms with Gasteiger partial charge in [-0.25, -0.2) is 0 Å². The summed E-state index contributed by atoms with van der Waals surface area (Å²) in [4.78, 5) is 2.67. The number of para-hydroxylation sites is 2. The Balaban J connectivity index is 1.17. The van der Waals surface area contributed by atoms with Crippen LogP contribution < -0.4 is 25.6 Å². The molecule has 0 spiro atoms. The highest BCUT2D eigenvalue weighted by atomic mass is 28.3. The van der Waals surface area contributed by atoms with E-state index in [9.17, 15) is 0 Å². The quantitative estimate of drug-likeness (QED) is 0.125. The molecule has 3 nitrogen and oxygen atoms in total. The minimum atomic E-state index is -2.75. The van der Waals surface area contributed by atoms with E-state index < -0.39 is 8.07 Å². The molecule has 4 heteroatoms. The van der Waals surface area contributed by atoms with Gasteiger partial charge in [0.2, 0.25) is 0 Å². The number of furan rings is 1. The SMILES string of the molecule is CC12CCCCC1(C)N(c1ccc3c(c1)c1oc4ccccc4c1n3-c1cccc([Si](c3ccccc3)(c3ccccc3)c3ccccc3)c1)c1ccccc12. The van der Waals surface area contributed by atoms with E-state index in [1.807, 2.05) is 0 Å². The fraction of sp³-hybridized carbons (Fsp3) is 0.154. The summed E-state index contributed by atoms with van der Waals surface area (Å²) in [5.41, 5.74) is 9.38. The molecule has 0 N–H and O–H groups in total. The van der Waals surface area contributed by atoms with Crippen LogP contribution >= 0.6 is 0 Å². The van der Waals surface area contributed by atoms with Crippen molar-refractivity contribution in [1.82, 2.24) is 4.57 Å². The Morgan fingerprint density at radius 3 is 1.84 bits per heavy atom. The van der Waals surface area contributed by atoms with E-state index in [2.05, 4.69) is 205 Å². The van der Waals surface area contributed by atoms with Gasteiger partial charge in [-0.1, -0.05) is 153 Å². The summed E-state index contributed by atoms with van der Waals surface area (Å²) in [6, 6.07) is 67.8. The fourth-order valence-electron chi connectivity index (χ4n) is 10.9. The molecule has 2 aliphatic rings. The van der Waals surface area contributed by atoms with Crippen LogP contribution in [0.2, 0.25) is 0 Å². The van der Waals surface area contributed by atoms with Gasteiger partial charge in [0.1, 0.15) is 11.1 Å². The molecule has 1 aliphatic heterocycles. The van der Waals surface area contributed by atoms with Gasteiger partial charge in [-0.2, -0.15) is 0 Å². The number of hydrogen-bond donors (Lipinski definition) is 0. The van der Waals surface area contributed by atoms with E-state index in [-0.39, 0.29) is 11.0 Å². The van der Waals surface area contributed by atoms with Gasteiger partial charge in [0.25, 0.3) is 0 Å². The van der Waals surface area contributed by atoms with E-state index in [1.54, 1.807) is 0 Å². The van der Waals surface area contributed by atoms with Crippen LogP contribution in [-0.2, 0) is 5.41 Å². The molecule has 1 aliphatic carbocycles. The molecule has 2 atom stereocenters. The number of benzene rings is 7. The molecule has 0 bridgehead atoms. The minimum Gasteiger partial charge on any atom is -0.454 e. The molecular weight excluding hydrogens is 697 g/mol. The van der Waals surface area contributed by atoms with E-state index in [0.29, 0.717) is 0 Å². The van der Waals surface area contributed by atoms with Crippen molar-refractivity contribution in [3.63, 3.8) is 0 Å². The van der Waals surface area contributed by atoms with Crippen LogP contribution in [0.15, 0.2) is 186 Å². The first-order valence-electron chi connectivity index (χ1n) is 20.2. The maximum absolute atomic E-state index is 6.88. The third-order valence-corrected chi connectivity index (χ3v) is 18.5. The van der Waals surface area contributed by atoms with Crippen molar-refractivity contribution in [3.05, 3.63) is 188 Å². The van der Waals surface area contributed by atoms with Gasteiger partial charge in [-0.3, -0.25) is 0 Å². The van der Waals surface area contributed by atoms with Crippen LogP contribution in [0.25, 0.3) is 38.7 Å². The van der Waals surface area contributed by atoms with Crippen molar-refractivity contribution < 1.29 is 4.42 Å². The monoisotopic (exact) mass is 740 g/mol. The molecule has 2 aromatic heterocycles. The first-order chi connectivity index (χ1) is 27.5. The van der Waals surface area contributed by atoms with Gasteiger partial charge in [0, 0.05) is 33.2 Å². The van der Waals surface area contributed by atoms with E-state index in [4.69, 9.17) is 4.42 Å². The predicted octanol–water partition coefficient (Wildman–Crippen LogP) is 10.6. The van der Waals surface area contributed by atoms with Crippen molar-refractivity contribution in [2.24, 2.45) is 0 Å². The largest absolute Gasteiger partial charge is 0.454 e. The minimum absolute atomic E-state index is 0.0211. The Morgan fingerprint density at radius 1 is 0.518 bits per heavy atom. The van der Waals surface area contributed by atoms with Gasteiger partial charge in [0.15, 0.2) is 13.7 Å². The zero-order valence-electron chi connectivity index (χ0n) is 32.0. The van der Waals surface area contributed by atoms with Crippen molar-refractivity contribution in [2.45, 2.75) is 50.5 Å². The number of rotatable bonds is 6. The molecule has 1 fully saturated rings. The van der Waals surface area contributed by atoms with Crippen LogP contribution in [-0.4, -0.2) is 18.2 Å². The topological polar surface area (TPSA) is 21.3 Å². The summed E-state index contributed by atoms with van der Waals surface area (Å²) in [5, 5.41) is 7.71. The Hall–Kier alpha value is -6.10. The second-order valence-electron chi connectivity index (χ2n) is 16.4. The molecule has 9 aromatic rings. The third-order valence-electron chi connectivity index (χ3n) is 13.7. The third kappa shape index (κ3) is 4.51. The van der Waals surface area contributed by atoms with E-state index in [0.717, 1.165) is 38.7 Å². The molecule has 1 saturated carbocycles. The molecular formula is C52H44N2OSi. The maximum Gasteiger partial charge on any atom is 0.179 e.